The molecule has 174 valence electrons. The number of likely N-dealkylation sites (tertiary alicyclic amines) is 1. The molecule has 2 N–H and O–H groups in total. The van der Waals surface area contributed by atoms with E-state index in [1.54, 1.807) is 30.0 Å². The van der Waals surface area contributed by atoms with Gasteiger partial charge in [-0.25, -0.2) is 8.42 Å². The second kappa shape index (κ2) is 8.77. The summed E-state index contributed by atoms with van der Waals surface area (Å²) in [5, 5.41) is 18.7. The summed E-state index contributed by atoms with van der Waals surface area (Å²) in [4.78, 5) is 16.3. The van der Waals surface area contributed by atoms with Gasteiger partial charge < -0.3 is 19.6 Å². The fourth-order valence-electron chi connectivity index (χ4n) is 4.26. The van der Waals surface area contributed by atoms with Crippen LogP contribution in [-0.2, 0) is 14.8 Å². The monoisotopic (exact) mass is 526 g/mol. The third-order valence-electron chi connectivity index (χ3n) is 6.27. The molecule has 3 aliphatic heterocycles. The van der Waals surface area contributed by atoms with E-state index in [0.29, 0.717) is 43.1 Å². The summed E-state index contributed by atoms with van der Waals surface area (Å²) in [6, 6.07) is 5.38. The number of piperazine rings is 1. The molecule has 1 aromatic carbocycles. The maximum absolute atomic E-state index is 13.1. The molecule has 3 heterocycles. The Kier molecular flexibility index (Phi) is 6.36. The Bertz CT molecular complexity index is 1070. The summed E-state index contributed by atoms with van der Waals surface area (Å²) in [7, 11) is -3.84. The molecule has 9 nitrogen and oxygen atoms in total. The van der Waals surface area contributed by atoms with Crippen molar-refractivity contribution in [2.45, 2.75) is 25.4 Å². The van der Waals surface area contributed by atoms with Crippen molar-refractivity contribution in [1.82, 2.24) is 14.1 Å². The summed E-state index contributed by atoms with van der Waals surface area (Å²) in [5.74, 6) is 0.760. The smallest absolute Gasteiger partial charge is 0.243 e. The van der Waals surface area contributed by atoms with Crippen LogP contribution in [0.4, 0.5) is 0 Å². The summed E-state index contributed by atoms with van der Waals surface area (Å²) in [6.45, 7) is 3.10. The van der Waals surface area contributed by atoms with Crippen molar-refractivity contribution < 1.29 is 23.1 Å². The van der Waals surface area contributed by atoms with Gasteiger partial charge in [-0.3, -0.25) is 10.2 Å². The second-order valence-corrected chi connectivity index (χ2v) is 11.4. The number of halogens is 1. The molecule has 0 aliphatic carbocycles. The summed E-state index contributed by atoms with van der Waals surface area (Å²) in [5.41, 5.74) is -0.336. The number of carbonyl (C=O) groups excluding carboxylic acids is 1. The molecule has 1 aromatic rings. The number of piperidine rings is 1. The van der Waals surface area contributed by atoms with Crippen molar-refractivity contribution in [3.8, 4) is 5.75 Å². The molecule has 2 fully saturated rings. The van der Waals surface area contributed by atoms with Crippen LogP contribution in [0.15, 0.2) is 27.6 Å². The predicted molar refractivity (Wildman–Crippen MR) is 124 cm³/mol. The van der Waals surface area contributed by atoms with Gasteiger partial charge in [0.25, 0.3) is 0 Å². The minimum Gasteiger partial charge on any atom is -0.487 e. The first-order valence-electron chi connectivity index (χ1n) is 10.5. The molecular formula is C21H27BrN4O5S. The van der Waals surface area contributed by atoms with E-state index in [0.717, 1.165) is 4.47 Å². The number of fused-ring (bicyclic) bond motifs is 1. The van der Waals surface area contributed by atoms with Crippen LogP contribution in [0, 0.1) is 5.41 Å². The standard InChI is InChI=1S/C21H27BrN4O5S/c1-15(23)24-6-4-21(28,5-7-24)14-25-8-9-26(12-20(25)27)32(29,30)18-10-16-2-3-17(22)11-19(16)31-13-18/h2-3,10-11,23,28H,4-9,12-14H2,1H3. The number of sulfonamides is 1. The highest BCUT2D eigenvalue weighted by atomic mass is 79.9. The van der Waals surface area contributed by atoms with E-state index >= 15 is 0 Å². The zero-order valence-electron chi connectivity index (χ0n) is 17.9. The predicted octanol–water partition coefficient (Wildman–Crippen LogP) is 1.48. The van der Waals surface area contributed by atoms with Crippen molar-refractivity contribution >= 4 is 43.8 Å². The van der Waals surface area contributed by atoms with Crippen LogP contribution in [0.1, 0.15) is 25.3 Å². The van der Waals surface area contributed by atoms with Gasteiger partial charge in [-0.05, 0) is 38.0 Å². The Balaban J connectivity index is 1.40. The second-order valence-electron chi connectivity index (χ2n) is 8.53. The molecule has 3 aliphatic rings. The number of nitrogens with one attached hydrogen (secondary N) is 1. The summed E-state index contributed by atoms with van der Waals surface area (Å²) >= 11 is 3.37. The Morgan fingerprint density at radius 3 is 2.62 bits per heavy atom. The lowest BCUT2D eigenvalue weighted by molar-refractivity contribution is -0.139. The molecule has 0 radical (unpaired) electrons. The average Bonchev–Trinajstić information content (AvgIpc) is 2.74. The molecule has 1 amide bonds. The summed E-state index contributed by atoms with van der Waals surface area (Å²) in [6.07, 6.45) is 2.53. The van der Waals surface area contributed by atoms with Gasteiger partial charge in [-0.1, -0.05) is 22.0 Å². The molecule has 2 saturated heterocycles. The first-order chi connectivity index (χ1) is 15.1. The normalized spacial score (nSPS) is 21.6. The van der Waals surface area contributed by atoms with Gasteiger partial charge in [0.1, 0.15) is 12.4 Å². The van der Waals surface area contributed by atoms with E-state index in [1.165, 1.54) is 4.31 Å². The van der Waals surface area contributed by atoms with Crippen LogP contribution in [0.25, 0.3) is 6.08 Å². The number of amidine groups is 1. The zero-order chi connectivity index (χ0) is 23.1. The molecule has 0 spiro atoms. The number of nitrogens with zero attached hydrogens (tertiary/aromatic N) is 3. The van der Waals surface area contributed by atoms with Gasteiger partial charge in [0, 0.05) is 42.8 Å². The SMILES string of the molecule is CC(=N)N1CCC(O)(CN2CCN(S(=O)(=O)C3=Cc4ccc(Br)cc4OC3)CC2=O)CC1. The fourth-order valence-corrected chi connectivity index (χ4v) is 6.02. The first kappa shape index (κ1) is 23.2. The van der Waals surface area contributed by atoms with Crippen LogP contribution in [-0.4, -0.2) is 90.8 Å². The van der Waals surface area contributed by atoms with Crippen LogP contribution in [0.2, 0.25) is 0 Å². The highest BCUT2D eigenvalue weighted by Crippen LogP contribution is 2.32. The zero-order valence-corrected chi connectivity index (χ0v) is 20.3. The number of benzene rings is 1. The number of β-amino-alcohol motifs (C(OH)–C–C–N with tert-alkyl or cyclic N) is 1. The highest BCUT2D eigenvalue weighted by Gasteiger charge is 2.40. The number of ether oxygens (including phenoxy) is 1. The van der Waals surface area contributed by atoms with Crippen molar-refractivity contribution in [2.75, 3.05) is 45.9 Å². The number of amides is 1. The number of aliphatic hydroxyl groups is 1. The van der Waals surface area contributed by atoms with Crippen molar-refractivity contribution in [3.05, 3.63) is 33.1 Å². The van der Waals surface area contributed by atoms with E-state index in [9.17, 15) is 18.3 Å². The van der Waals surface area contributed by atoms with Gasteiger partial charge in [0.05, 0.1) is 22.9 Å². The summed E-state index contributed by atoms with van der Waals surface area (Å²) < 4.78 is 34.0. The molecule has 4 rings (SSSR count). The lowest BCUT2D eigenvalue weighted by Crippen LogP contribution is -2.58. The van der Waals surface area contributed by atoms with Crippen molar-refractivity contribution in [3.63, 3.8) is 0 Å². The van der Waals surface area contributed by atoms with Gasteiger partial charge in [-0.2, -0.15) is 4.31 Å². The maximum atomic E-state index is 13.1. The van der Waals surface area contributed by atoms with E-state index in [1.807, 2.05) is 11.0 Å². The van der Waals surface area contributed by atoms with Crippen molar-refractivity contribution in [1.29, 1.82) is 5.41 Å². The average molecular weight is 527 g/mol. The quantitative estimate of drug-likeness (QED) is 0.453. The van der Waals surface area contributed by atoms with Gasteiger partial charge in [-0.15, -0.1) is 0 Å². The minimum atomic E-state index is -3.84. The third kappa shape index (κ3) is 4.70. The number of carbonyl (C=O) groups is 1. The van der Waals surface area contributed by atoms with Crippen molar-refractivity contribution in [2.24, 2.45) is 0 Å². The Morgan fingerprint density at radius 1 is 1.25 bits per heavy atom. The lowest BCUT2D eigenvalue weighted by Gasteiger charge is -2.43. The fraction of sp³-hybridized carbons (Fsp3) is 0.524. The molecule has 0 bridgehead atoms. The number of hydrogen-bond donors (Lipinski definition) is 2. The maximum Gasteiger partial charge on any atom is 0.243 e. The Morgan fingerprint density at radius 2 is 1.97 bits per heavy atom. The molecule has 0 atom stereocenters. The topological polar surface area (TPSA) is 114 Å². The Hall–Kier alpha value is -1.95. The van der Waals surface area contributed by atoms with Gasteiger partial charge in [0.2, 0.25) is 15.9 Å². The Labute approximate surface area is 196 Å². The number of rotatable bonds is 4. The van der Waals surface area contributed by atoms with E-state index in [-0.39, 0.29) is 43.6 Å². The largest absolute Gasteiger partial charge is 0.487 e. The van der Waals surface area contributed by atoms with Crippen LogP contribution < -0.4 is 4.74 Å². The molecule has 0 saturated carbocycles. The van der Waals surface area contributed by atoms with Crippen LogP contribution in [0.5, 0.6) is 5.75 Å². The van der Waals surface area contributed by atoms with Gasteiger partial charge >= 0.3 is 0 Å². The molecule has 0 unspecified atom stereocenters. The molecule has 11 heteroatoms. The molecule has 32 heavy (non-hydrogen) atoms. The van der Waals surface area contributed by atoms with Gasteiger partial charge in [0.15, 0.2) is 0 Å². The highest BCUT2D eigenvalue weighted by molar-refractivity contribution is 9.10. The lowest BCUT2D eigenvalue weighted by atomic mass is 9.90. The van der Waals surface area contributed by atoms with Crippen LogP contribution >= 0.6 is 15.9 Å². The van der Waals surface area contributed by atoms with Crippen LogP contribution in [0.3, 0.4) is 0 Å². The number of hydrogen-bond acceptors (Lipinski definition) is 6. The van der Waals surface area contributed by atoms with E-state index in [4.69, 9.17) is 10.1 Å². The van der Waals surface area contributed by atoms with E-state index < -0.39 is 15.6 Å². The van der Waals surface area contributed by atoms with E-state index in [2.05, 4.69) is 15.9 Å². The molecule has 0 aromatic heterocycles. The minimum absolute atomic E-state index is 0.0805. The first-order valence-corrected chi connectivity index (χ1v) is 12.7. The third-order valence-corrected chi connectivity index (χ3v) is 8.65. The molecular weight excluding hydrogens is 500 g/mol.